The van der Waals surface area contributed by atoms with Crippen LogP contribution < -0.4 is 10.6 Å². The van der Waals surface area contributed by atoms with Crippen LogP contribution in [0.4, 0.5) is 0 Å². The molecule has 2 atom stereocenters. The Balaban J connectivity index is 0.00000110. The molecule has 0 spiro atoms. The van der Waals surface area contributed by atoms with Gasteiger partial charge in [-0.25, -0.2) is 0 Å². The minimum Gasteiger partial charge on any atom is -0.318 e. The van der Waals surface area contributed by atoms with Crippen LogP contribution in [0.2, 0.25) is 0 Å². The lowest BCUT2D eigenvalue weighted by Gasteiger charge is -2.33. The second-order valence-electron chi connectivity index (χ2n) is 5.11. The number of fused-ring (bicyclic) bond motifs is 1. The highest BCUT2D eigenvalue weighted by Crippen LogP contribution is 2.33. The molecule has 3 rings (SSSR count). The lowest BCUT2D eigenvalue weighted by molar-refractivity contribution is 0.463. The summed E-state index contributed by atoms with van der Waals surface area (Å²) in [4.78, 5) is 0. The van der Waals surface area contributed by atoms with E-state index in [-0.39, 0.29) is 24.8 Å². The third kappa shape index (κ3) is 3.78. The van der Waals surface area contributed by atoms with Gasteiger partial charge in [0.15, 0.2) is 0 Å². The zero-order chi connectivity index (χ0) is 13.1. The Bertz CT molecular complexity index is 545. The van der Waals surface area contributed by atoms with Crippen molar-refractivity contribution in [3.8, 4) is 0 Å². The van der Waals surface area contributed by atoms with Crippen molar-refractivity contribution in [3.05, 3.63) is 71.3 Å². The summed E-state index contributed by atoms with van der Waals surface area (Å²) < 4.78 is 0. The van der Waals surface area contributed by atoms with Gasteiger partial charge in [-0.1, -0.05) is 54.6 Å². The SMILES string of the molecule is CNC[C@H]1NC[C@@H](c2ccccc2)c2ccccc21.Cl.Cl. The highest BCUT2D eigenvalue weighted by molar-refractivity contribution is 5.85. The van der Waals surface area contributed by atoms with Crippen LogP contribution in [-0.2, 0) is 0 Å². The molecule has 4 heteroatoms. The molecule has 0 radical (unpaired) electrons. The molecule has 0 saturated heterocycles. The van der Waals surface area contributed by atoms with Gasteiger partial charge in [0.1, 0.15) is 0 Å². The maximum Gasteiger partial charge on any atom is 0.0449 e. The Morgan fingerprint density at radius 1 is 0.952 bits per heavy atom. The van der Waals surface area contributed by atoms with Crippen LogP contribution in [0, 0.1) is 0 Å². The molecule has 0 fully saturated rings. The van der Waals surface area contributed by atoms with E-state index in [1.165, 1.54) is 16.7 Å². The minimum absolute atomic E-state index is 0. The number of hydrogen-bond acceptors (Lipinski definition) is 2. The topological polar surface area (TPSA) is 24.1 Å². The Hall–Kier alpha value is -1.06. The van der Waals surface area contributed by atoms with Crippen LogP contribution >= 0.6 is 24.8 Å². The van der Waals surface area contributed by atoms with Gasteiger partial charge < -0.3 is 10.6 Å². The number of likely N-dealkylation sites (N-methyl/N-ethyl adjacent to an activating group) is 1. The maximum absolute atomic E-state index is 3.66. The quantitative estimate of drug-likeness (QED) is 0.902. The Morgan fingerprint density at radius 2 is 1.57 bits per heavy atom. The van der Waals surface area contributed by atoms with Crippen LogP contribution in [0.5, 0.6) is 0 Å². The summed E-state index contributed by atoms with van der Waals surface area (Å²) >= 11 is 0. The summed E-state index contributed by atoms with van der Waals surface area (Å²) in [5.41, 5.74) is 4.29. The molecule has 0 unspecified atom stereocenters. The summed E-state index contributed by atoms with van der Waals surface area (Å²) in [7, 11) is 2.01. The van der Waals surface area contributed by atoms with Crippen molar-refractivity contribution < 1.29 is 0 Å². The number of benzene rings is 2. The van der Waals surface area contributed by atoms with Crippen molar-refractivity contribution in [2.45, 2.75) is 12.0 Å². The zero-order valence-corrected chi connectivity index (χ0v) is 13.7. The molecule has 0 aliphatic carbocycles. The van der Waals surface area contributed by atoms with E-state index in [1.54, 1.807) is 0 Å². The maximum atomic E-state index is 3.66. The third-order valence-electron chi connectivity index (χ3n) is 3.93. The van der Waals surface area contributed by atoms with E-state index in [0.717, 1.165) is 13.1 Å². The molecule has 2 nitrogen and oxygen atoms in total. The molecule has 114 valence electrons. The fourth-order valence-corrected chi connectivity index (χ4v) is 2.99. The molecule has 2 N–H and O–H groups in total. The van der Waals surface area contributed by atoms with Crippen molar-refractivity contribution in [1.82, 2.24) is 10.6 Å². The second kappa shape index (κ2) is 8.40. The summed E-state index contributed by atoms with van der Waals surface area (Å²) in [6, 6.07) is 20.0. The lowest BCUT2D eigenvalue weighted by atomic mass is 9.82. The van der Waals surface area contributed by atoms with E-state index < -0.39 is 0 Å². The Labute approximate surface area is 139 Å². The van der Waals surface area contributed by atoms with Crippen LogP contribution in [0.3, 0.4) is 0 Å². The van der Waals surface area contributed by atoms with Crippen LogP contribution in [-0.4, -0.2) is 20.1 Å². The van der Waals surface area contributed by atoms with E-state index in [2.05, 4.69) is 65.2 Å². The van der Waals surface area contributed by atoms with Crippen molar-refractivity contribution in [3.63, 3.8) is 0 Å². The van der Waals surface area contributed by atoms with E-state index >= 15 is 0 Å². The standard InChI is InChI=1S/C17H20N2.2ClH/c1-18-12-17-15-10-6-5-9-14(15)16(11-19-17)13-7-3-2-4-8-13;;/h2-10,16-19H,11-12H2,1H3;2*1H/t16-,17+;;/m0../s1. The van der Waals surface area contributed by atoms with E-state index in [0.29, 0.717) is 12.0 Å². The van der Waals surface area contributed by atoms with E-state index in [1.807, 2.05) is 7.05 Å². The van der Waals surface area contributed by atoms with E-state index in [4.69, 9.17) is 0 Å². The van der Waals surface area contributed by atoms with Crippen molar-refractivity contribution >= 4 is 24.8 Å². The highest BCUT2D eigenvalue weighted by Gasteiger charge is 2.26. The number of nitrogens with one attached hydrogen (secondary N) is 2. The fraction of sp³-hybridized carbons (Fsp3) is 0.294. The monoisotopic (exact) mass is 324 g/mol. The molecule has 21 heavy (non-hydrogen) atoms. The van der Waals surface area contributed by atoms with Crippen LogP contribution in [0.25, 0.3) is 0 Å². The Morgan fingerprint density at radius 3 is 2.24 bits per heavy atom. The van der Waals surface area contributed by atoms with Gasteiger partial charge in [0.2, 0.25) is 0 Å². The van der Waals surface area contributed by atoms with Gasteiger partial charge in [-0.05, 0) is 23.7 Å². The number of hydrogen-bond donors (Lipinski definition) is 2. The van der Waals surface area contributed by atoms with Gasteiger partial charge in [-0.15, -0.1) is 24.8 Å². The molecule has 1 heterocycles. The minimum atomic E-state index is 0. The molecule has 2 aromatic carbocycles. The predicted molar refractivity (Wildman–Crippen MR) is 93.9 cm³/mol. The van der Waals surface area contributed by atoms with Crippen LogP contribution in [0.1, 0.15) is 28.7 Å². The largest absolute Gasteiger partial charge is 0.318 e. The molecule has 1 aliphatic rings. The number of halogens is 2. The molecular formula is C17H22Cl2N2. The molecule has 1 aliphatic heterocycles. The Kier molecular flexibility index (Phi) is 7.20. The van der Waals surface area contributed by atoms with Gasteiger partial charge in [-0.2, -0.15) is 0 Å². The summed E-state index contributed by atoms with van der Waals surface area (Å²) in [6.07, 6.45) is 0. The average Bonchev–Trinajstić information content (AvgIpc) is 2.49. The number of rotatable bonds is 3. The average molecular weight is 325 g/mol. The summed E-state index contributed by atoms with van der Waals surface area (Å²) in [5.74, 6) is 0.463. The molecular weight excluding hydrogens is 303 g/mol. The van der Waals surface area contributed by atoms with Gasteiger partial charge in [-0.3, -0.25) is 0 Å². The molecule has 0 bridgehead atoms. The molecule has 0 aromatic heterocycles. The molecule has 0 saturated carbocycles. The van der Waals surface area contributed by atoms with Crippen molar-refractivity contribution in [2.75, 3.05) is 20.1 Å². The first kappa shape index (κ1) is 18.0. The normalized spacial score (nSPS) is 19.9. The first-order valence-corrected chi connectivity index (χ1v) is 6.92. The lowest BCUT2D eigenvalue weighted by Crippen LogP contribution is -2.38. The molecule has 0 amide bonds. The first-order valence-electron chi connectivity index (χ1n) is 6.92. The van der Waals surface area contributed by atoms with Crippen molar-refractivity contribution in [1.29, 1.82) is 0 Å². The van der Waals surface area contributed by atoms with Gasteiger partial charge in [0, 0.05) is 25.0 Å². The third-order valence-corrected chi connectivity index (χ3v) is 3.93. The van der Waals surface area contributed by atoms with E-state index in [9.17, 15) is 0 Å². The first-order chi connectivity index (χ1) is 9.40. The van der Waals surface area contributed by atoms with Crippen LogP contribution in [0.15, 0.2) is 54.6 Å². The van der Waals surface area contributed by atoms with Crippen molar-refractivity contribution in [2.24, 2.45) is 0 Å². The van der Waals surface area contributed by atoms with Gasteiger partial charge in [0.05, 0.1) is 0 Å². The highest BCUT2D eigenvalue weighted by atomic mass is 35.5. The second-order valence-corrected chi connectivity index (χ2v) is 5.11. The summed E-state index contributed by atoms with van der Waals surface area (Å²) in [6.45, 7) is 1.98. The summed E-state index contributed by atoms with van der Waals surface area (Å²) in [5, 5.41) is 6.93. The van der Waals surface area contributed by atoms with Gasteiger partial charge >= 0.3 is 0 Å². The smallest absolute Gasteiger partial charge is 0.0449 e. The molecule has 2 aromatic rings. The fourth-order valence-electron chi connectivity index (χ4n) is 2.99. The van der Waals surface area contributed by atoms with Gasteiger partial charge in [0.25, 0.3) is 0 Å². The predicted octanol–water partition coefficient (Wildman–Crippen LogP) is 3.53. The zero-order valence-electron chi connectivity index (χ0n) is 12.1.